The van der Waals surface area contributed by atoms with Gasteiger partial charge in [0.25, 0.3) is 0 Å². The Balaban J connectivity index is 1.60. The highest BCUT2D eigenvalue weighted by atomic mass is 16.5. The summed E-state index contributed by atoms with van der Waals surface area (Å²) in [6.45, 7) is 0.392. The molecule has 130 valence electrons. The van der Waals surface area contributed by atoms with Gasteiger partial charge in [-0.05, 0) is 24.3 Å². The third-order valence-electron chi connectivity index (χ3n) is 3.82. The molecule has 0 radical (unpaired) electrons. The highest BCUT2D eigenvalue weighted by molar-refractivity contribution is 5.88. The Morgan fingerprint density at radius 3 is 2.69 bits per heavy atom. The smallest absolute Gasteiger partial charge is 0.163 e. The minimum Gasteiger partial charge on any atom is -0.457 e. The van der Waals surface area contributed by atoms with Crippen molar-refractivity contribution in [3.63, 3.8) is 0 Å². The molecule has 0 amide bonds. The summed E-state index contributed by atoms with van der Waals surface area (Å²) in [5, 5.41) is 17.4. The summed E-state index contributed by atoms with van der Waals surface area (Å²) in [7, 11) is 0. The molecule has 2 aromatic heterocycles. The number of nitrogens with one attached hydrogen (secondary N) is 1. The molecule has 4 aromatic rings. The lowest BCUT2D eigenvalue weighted by atomic mass is 10.3. The average molecular weight is 347 g/mol. The molecule has 0 aliphatic heterocycles. The van der Waals surface area contributed by atoms with Crippen molar-refractivity contribution in [2.24, 2.45) is 0 Å². The van der Waals surface area contributed by atoms with E-state index in [1.54, 1.807) is 10.9 Å². The maximum Gasteiger partial charge on any atom is 0.163 e. The molecule has 7 nitrogen and oxygen atoms in total. The summed E-state index contributed by atoms with van der Waals surface area (Å²) >= 11 is 0. The van der Waals surface area contributed by atoms with Gasteiger partial charge in [-0.3, -0.25) is 0 Å². The third-order valence-corrected chi connectivity index (χ3v) is 3.82. The van der Waals surface area contributed by atoms with Crippen LogP contribution in [0.3, 0.4) is 0 Å². The number of hydrogen-bond acceptors (Lipinski definition) is 6. The molecule has 2 heterocycles. The van der Waals surface area contributed by atoms with Crippen LogP contribution in [0.4, 0.5) is 11.5 Å². The number of aliphatic hydroxyl groups is 1. The maximum atomic E-state index is 9.12. The van der Waals surface area contributed by atoms with Crippen molar-refractivity contribution in [2.75, 3.05) is 11.9 Å². The van der Waals surface area contributed by atoms with E-state index in [0.717, 1.165) is 22.6 Å². The van der Waals surface area contributed by atoms with Gasteiger partial charge in [-0.15, -0.1) is 0 Å². The molecule has 0 aliphatic carbocycles. The van der Waals surface area contributed by atoms with Crippen LogP contribution in [0.25, 0.3) is 11.0 Å². The van der Waals surface area contributed by atoms with Crippen molar-refractivity contribution >= 4 is 22.5 Å². The van der Waals surface area contributed by atoms with E-state index < -0.39 is 0 Å². The normalized spacial score (nSPS) is 10.8. The number of fused-ring (bicyclic) bond motifs is 1. The Hall–Kier alpha value is -3.45. The SMILES string of the molecule is OCCn1ncc2c(Nc3cccc(Oc4ccccc4)c3)ncnc21. The molecule has 26 heavy (non-hydrogen) atoms. The molecule has 0 fully saturated rings. The van der Waals surface area contributed by atoms with E-state index in [-0.39, 0.29) is 6.61 Å². The van der Waals surface area contributed by atoms with Crippen molar-refractivity contribution < 1.29 is 9.84 Å². The maximum absolute atomic E-state index is 9.12. The van der Waals surface area contributed by atoms with Crippen LogP contribution in [0.5, 0.6) is 11.5 Å². The molecule has 0 aliphatic rings. The van der Waals surface area contributed by atoms with Gasteiger partial charge >= 0.3 is 0 Å². The Labute approximate surface area is 149 Å². The third kappa shape index (κ3) is 3.33. The summed E-state index contributed by atoms with van der Waals surface area (Å²) in [4.78, 5) is 8.56. The zero-order chi connectivity index (χ0) is 17.8. The van der Waals surface area contributed by atoms with Gasteiger partial charge in [0.05, 0.1) is 24.7 Å². The highest BCUT2D eigenvalue weighted by Crippen LogP contribution is 2.27. The van der Waals surface area contributed by atoms with Gasteiger partial charge in [-0.2, -0.15) is 5.10 Å². The Morgan fingerprint density at radius 1 is 1.00 bits per heavy atom. The first kappa shape index (κ1) is 16.0. The van der Waals surface area contributed by atoms with Crippen molar-refractivity contribution in [2.45, 2.75) is 6.54 Å². The lowest BCUT2D eigenvalue weighted by Crippen LogP contribution is -2.04. The van der Waals surface area contributed by atoms with E-state index in [4.69, 9.17) is 9.84 Å². The quantitative estimate of drug-likeness (QED) is 0.556. The van der Waals surface area contributed by atoms with Gasteiger partial charge in [-0.1, -0.05) is 24.3 Å². The largest absolute Gasteiger partial charge is 0.457 e. The molecule has 0 saturated heterocycles. The van der Waals surface area contributed by atoms with Crippen LogP contribution in [0.2, 0.25) is 0 Å². The van der Waals surface area contributed by atoms with Crippen LogP contribution in [0.15, 0.2) is 67.1 Å². The number of anilines is 2. The van der Waals surface area contributed by atoms with Crippen LogP contribution >= 0.6 is 0 Å². The van der Waals surface area contributed by atoms with Crippen molar-refractivity contribution in [3.8, 4) is 11.5 Å². The van der Waals surface area contributed by atoms with E-state index in [1.807, 2.05) is 54.6 Å². The van der Waals surface area contributed by atoms with E-state index in [2.05, 4.69) is 20.4 Å². The number of ether oxygens (including phenoxy) is 1. The molecule has 0 unspecified atom stereocenters. The lowest BCUT2D eigenvalue weighted by molar-refractivity contribution is 0.271. The van der Waals surface area contributed by atoms with E-state index >= 15 is 0 Å². The molecule has 0 atom stereocenters. The van der Waals surface area contributed by atoms with Crippen molar-refractivity contribution in [1.82, 2.24) is 19.7 Å². The fourth-order valence-electron chi connectivity index (χ4n) is 2.65. The standard InChI is InChI=1S/C19H17N5O2/c25-10-9-24-19-17(12-22-24)18(20-13-21-19)23-14-5-4-8-16(11-14)26-15-6-2-1-3-7-15/h1-8,11-13,25H,9-10H2,(H,20,21,23). The van der Waals surface area contributed by atoms with Gasteiger partial charge < -0.3 is 15.2 Å². The second-order valence-corrected chi connectivity index (χ2v) is 5.62. The Kier molecular flexibility index (Phi) is 4.44. The first-order chi connectivity index (χ1) is 12.8. The predicted molar refractivity (Wildman–Crippen MR) is 98.6 cm³/mol. The Bertz CT molecular complexity index is 1020. The van der Waals surface area contributed by atoms with Gasteiger partial charge in [0.2, 0.25) is 0 Å². The molecule has 4 rings (SSSR count). The molecule has 0 saturated carbocycles. The fraction of sp³-hybridized carbons (Fsp3) is 0.105. The van der Waals surface area contributed by atoms with E-state index in [1.165, 1.54) is 6.33 Å². The predicted octanol–water partition coefficient (Wildman–Crippen LogP) is 3.35. The number of aliphatic hydroxyl groups excluding tert-OH is 1. The van der Waals surface area contributed by atoms with E-state index in [0.29, 0.717) is 18.0 Å². The number of para-hydroxylation sites is 1. The summed E-state index contributed by atoms with van der Waals surface area (Å²) in [5.74, 6) is 2.15. The monoisotopic (exact) mass is 347 g/mol. The average Bonchev–Trinajstić information content (AvgIpc) is 3.07. The number of hydrogen-bond donors (Lipinski definition) is 2. The van der Waals surface area contributed by atoms with Crippen molar-refractivity contribution in [3.05, 3.63) is 67.1 Å². The number of benzene rings is 2. The van der Waals surface area contributed by atoms with Gasteiger partial charge in [0.1, 0.15) is 23.6 Å². The van der Waals surface area contributed by atoms with Crippen LogP contribution in [0.1, 0.15) is 0 Å². The Morgan fingerprint density at radius 2 is 1.85 bits per heavy atom. The second-order valence-electron chi connectivity index (χ2n) is 5.62. The van der Waals surface area contributed by atoms with Crippen molar-refractivity contribution in [1.29, 1.82) is 0 Å². The first-order valence-corrected chi connectivity index (χ1v) is 8.21. The molecular weight excluding hydrogens is 330 g/mol. The van der Waals surface area contributed by atoms with Crippen LogP contribution in [-0.4, -0.2) is 31.5 Å². The summed E-state index contributed by atoms with van der Waals surface area (Å²) in [5.41, 5.74) is 1.52. The number of nitrogens with zero attached hydrogens (tertiary/aromatic N) is 4. The highest BCUT2D eigenvalue weighted by Gasteiger charge is 2.10. The van der Waals surface area contributed by atoms with Gasteiger partial charge in [0.15, 0.2) is 5.65 Å². The number of aromatic nitrogens is 4. The zero-order valence-corrected chi connectivity index (χ0v) is 13.9. The van der Waals surface area contributed by atoms with Crippen LogP contribution < -0.4 is 10.1 Å². The number of rotatable bonds is 6. The zero-order valence-electron chi connectivity index (χ0n) is 13.9. The summed E-state index contributed by atoms with van der Waals surface area (Å²) in [6, 6.07) is 17.3. The minimum absolute atomic E-state index is 0.00240. The van der Waals surface area contributed by atoms with Crippen LogP contribution in [0, 0.1) is 0 Å². The van der Waals surface area contributed by atoms with Gasteiger partial charge in [0, 0.05) is 11.8 Å². The minimum atomic E-state index is 0.00240. The lowest BCUT2D eigenvalue weighted by Gasteiger charge is -2.10. The molecular formula is C19H17N5O2. The molecule has 7 heteroatoms. The molecule has 2 aromatic carbocycles. The van der Waals surface area contributed by atoms with E-state index in [9.17, 15) is 0 Å². The fourth-order valence-corrected chi connectivity index (χ4v) is 2.65. The molecule has 0 spiro atoms. The molecule has 2 N–H and O–H groups in total. The summed E-state index contributed by atoms with van der Waals surface area (Å²) in [6.07, 6.45) is 3.17. The topological polar surface area (TPSA) is 85.1 Å². The first-order valence-electron chi connectivity index (χ1n) is 8.21. The van der Waals surface area contributed by atoms with Gasteiger partial charge in [-0.25, -0.2) is 14.6 Å². The van der Waals surface area contributed by atoms with Crippen LogP contribution in [-0.2, 0) is 6.54 Å². The second kappa shape index (κ2) is 7.20. The summed E-state index contributed by atoms with van der Waals surface area (Å²) < 4.78 is 7.51. The molecule has 0 bridgehead atoms.